The Balaban J connectivity index is 1.70. The van der Waals surface area contributed by atoms with Crippen LogP contribution < -0.4 is 5.32 Å². The SMILES string of the molecule is CC1CN(C(=O)NCCCc2cccc(O)c2)CCC1C(=O)O. The van der Waals surface area contributed by atoms with Crippen molar-refractivity contribution in [2.45, 2.75) is 26.2 Å². The molecule has 1 saturated heterocycles. The molecule has 0 bridgehead atoms. The zero-order valence-electron chi connectivity index (χ0n) is 13.4. The van der Waals surface area contributed by atoms with Gasteiger partial charge in [-0.15, -0.1) is 0 Å². The number of amides is 2. The lowest BCUT2D eigenvalue weighted by Crippen LogP contribution is -2.49. The van der Waals surface area contributed by atoms with Crippen molar-refractivity contribution < 1.29 is 19.8 Å². The van der Waals surface area contributed by atoms with Gasteiger partial charge < -0.3 is 20.4 Å². The van der Waals surface area contributed by atoms with Crippen molar-refractivity contribution in [3.63, 3.8) is 0 Å². The number of nitrogens with one attached hydrogen (secondary N) is 1. The number of urea groups is 1. The number of aryl methyl sites for hydroxylation is 1. The lowest BCUT2D eigenvalue weighted by atomic mass is 9.87. The molecule has 0 radical (unpaired) electrons. The number of phenolic OH excluding ortho intramolecular Hbond substituents is 1. The average molecular weight is 320 g/mol. The van der Waals surface area contributed by atoms with Gasteiger partial charge >= 0.3 is 12.0 Å². The van der Waals surface area contributed by atoms with Gasteiger partial charge in [-0.25, -0.2) is 4.79 Å². The molecular formula is C17H24N2O4. The number of aromatic hydroxyl groups is 1. The van der Waals surface area contributed by atoms with Crippen LogP contribution in [0.3, 0.4) is 0 Å². The van der Waals surface area contributed by atoms with Gasteiger partial charge in [-0.3, -0.25) is 4.79 Å². The summed E-state index contributed by atoms with van der Waals surface area (Å²) in [6.07, 6.45) is 2.08. The summed E-state index contributed by atoms with van der Waals surface area (Å²) in [6, 6.07) is 6.97. The van der Waals surface area contributed by atoms with Crippen LogP contribution in [0.2, 0.25) is 0 Å². The number of piperidine rings is 1. The van der Waals surface area contributed by atoms with Crippen molar-refractivity contribution in [1.82, 2.24) is 10.2 Å². The molecule has 23 heavy (non-hydrogen) atoms. The molecule has 6 heteroatoms. The highest BCUT2D eigenvalue weighted by atomic mass is 16.4. The first kappa shape index (κ1) is 17.1. The fourth-order valence-electron chi connectivity index (χ4n) is 3.01. The molecule has 6 nitrogen and oxygen atoms in total. The second-order valence-corrected chi connectivity index (χ2v) is 6.16. The predicted molar refractivity (Wildman–Crippen MR) is 86.3 cm³/mol. The molecule has 0 saturated carbocycles. The summed E-state index contributed by atoms with van der Waals surface area (Å²) < 4.78 is 0. The van der Waals surface area contributed by atoms with Crippen molar-refractivity contribution in [1.29, 1.82) is 0 Å². The molecule has 1 aliphatic rings. The van der Waals surface area contributed by atoms with Crippen LogP contribution >= 0.6 is 0 Å². The minimum Gasteiger partial charge on any atom is -0.508 e. The van der Waals surface area contributed by atoms with Gasteiger partial charge in [-0.2, -0.15) is 0 Å². The van der Waals surface area contributed by atoms with Gasteiger partial charge in [-0.1, -0.05) is 19.1 Å². The summed E-state index contributed by atoms with van der Waals surface area (Å²) in [6.45, 7) is 3.40. The van der Waals surface area contributed by atoms with Crippen molar-refractivity contribution in [2.24, 2.45) is 11.8 Å². The maximum absolute atomic E-state index is 12.1. The van der Waals surface area contributed by atoms with Gasteiger partial charge in [0.25, 0.3) is 0 Å². The summed E-state index contributed by atoms with van der Waals surface area (Å²) >= 11 is 0. The summed E-state index contributed by atoms with van der Waals surface area (Å²) in [5, 5.41) is 21.4. The van der Waals surface area contributed by atoms with E-state index in [4.69, 9.17) is 5.11 Å². The summed E-state index contributed by atoms with van der Waals surface area (Å²) in [7, 11) is 0. The van der Waals surface area contributed by atoms with E-state index in [9.17, 15) is 14.7 Å². The summed E-state index contributed by atoms with van der Waals surface area (Å²) in [5.74, 6) is -0.908. The van der Waals surface area contributed by atoms with Gasteiger partial charge in [0, 0.05) is 19.6 Å². The van der Waals surface area contributed by atoms with E-state index in [1.165, 1.54) is 0 Å². The minimum atomic E-state index is -0.774. The van der Waals surface area contributed by atoms with E-state index in [0.29, 0.717) is 26.1 Å². The fourth-order valence-corrected chi connectivity index (χ4v) is 3.01. The van der Waals surface area contributed by atoms with Gasteiger partial charge in [0.1, 0.15) is 5.75 Å². The van der Waals surface area contributed by atoms with E-state index in [1.807, 2.05) is 13.0 Å². The molecule has 1 heterocycles. The number of aliphatic carboxylic acids is 1. The smallest absolute Gasteiger partial charge is 0.317 e. The van der Waals surface area contributed by atoms with Crippen molar-refractivity contribution in [3.05, 3.63) is 29.8 Å². The van der Waals surface area contributed by atoms with Gasteiger partial charge in [0.05, 0.1) is 5.92 Å². The number of carbonyl (C=O) groups excluding carboxylic acids is 1. The number of carboxylic acid groups (broad SMARTS) is 1. The van der Waals surface area contributed by atoms with Crippen LogP contribution in [0, 0.1) is 11.8 Å². The number of nitrogens with zero attached hydrogens (tertiary/aromatic N) is 1. The van der Waals surface area contributed by atoms with Gasteiger partial charge in [-0.05, 0) is 42.9 Å². The Bertz CT molecular complexity index is 561. The van der Waals surface area contributed by atoms with Crippen molar-refractivity contribution >= 4 is 12.0 Å². The normalized spacial score (nSPS) is 21.0. The molecule has 1 fully saturated rings. The Morgan fingerprint density at radius 1 is 1.39 bits per heavy atom. The standard InChI is InChI=1S/C17H24N2O4/c1-12-11-19(9-7-15(12)16(21)22)17(23)18-8-3-5-13-4-2-6-14(20)10-13/h2,4,6,10,12,15,20H,3,5,7-9,11H2,1H3,(H,18,23)(H,21,22). The minimum absolute atomic E-state index is 0.0284. The van der Waals surface area contributed by atoms with Crippen LogP contribution in [0.4, 0.5) is 4.79 Å². The Labute approximate surface area is 136 Å². The first-order valence-electron chi connectivity index (χ1n) is 8.01. The highest BCUT2D eigenvalue weighted by Crippen LogP contribution is 2.23. The van der Waals surface area contributed by atoms with Gasteiger partial charge in [0.2, 0.25) is 0 Å². The number of rotatable bonds is 5. The Morgan fingerprint density at radius 3 is 2.83 bits per heavy atom. The third-order valence-corrected chi connectivity index (χ3v) is 4.34. The first-order valence-corrected chi connectivity index (χ1v) is 8.01. The first-order chi connectivity index (χ1) is 11.0. The molecule has 2 atom stereocenters. The Kier molecular flexibility index (Phi) is 5.84. The van der Waals surface area contributed by atoms with E-state index in [-0.39, 0.29) is 23.6 Å². The van der Waals surface area contributed by atoms with Crippen LogP contribution in [-0.2, 0) is 11.2 Å². The molecule has 0 aliphatic carbocycles. The topological polar surface area (TPSA) is 89.9 Å². The van der Waals surface area contributed by atoms with Crippen LogP contribution in [0.15, 0.2) is 24.3 Å². The average Bonchev–Trinajstić information content (AvgIpc) is 2.51. The van der Waals surface area contributed by atoms with E-state index in [2.05, 4.69) is 5.32 Å². The molecular weight excluding hydrogens is 296 g/mol. The van der Waals surface area contributed by atoms with Crippen LogP contribution in [0.25, 0.3) is 0 Å². The molecule has 1 aromatic rings. The third-order valence-electron chi connectivity index (χ3n) is 4.34. The van der Waals surface area contributed by atoms with Crippen LogP contribution in [0.5, 0.6) is 5.75 Å². The maximum atomic E-state index is 12.1. The molecule has 126 valence electrons. The molecule has 1 aliphatic heterocycles. The second-order valence-electron chi connectivity index (χ2n) is 6.16. The fraction of sp³-hybridized carbons (Fsp3) is 0.529. The quantitative estimate of drug-likeness (QED) is 0.725. The number of carboxylic acids is 1. The largest absolute Gasteiger partial charge is 0.508 e. The zero-order chi connectivity index (χ0) is 16.8. The van der Waals surface area contributed by atoms with E-state index in [0.717, 1.165) is 18.4 Å². The molecule has 2 amide bonds. The highest BCUT2D eigenvalue weighted by Gasteiger charge is 2.32. The predicted octanol–water partition coefficient (Wildman–Crippen LogP) is 2.08. The van der Waals surface area contributed by atoms with Crippen LogP contribution in [-0.4, -0.2) is 46.7 Å². The molecule has 0 aromatic heterocycles. The van der Waals surface area contributed by atoms with Crippen molar-refractivity contribution in [2.75, 3.05) is 19.6 Å². The lowest BCUT2D eigenvalue weighted by molar-refractivity contribution is -0.145. The number of carbonyl (C=O) groups is 2. The second kappa shape index (κ2) is 7.85. The number of likely N-dealkylation sites (tertiary alicyclic amines) is 1. The van der Waals surface area contributed by atoms with Gasteiger partial charge in [0.15, 0.2) is 0 Å². The molecule has 1 aromatic carbocycles. The number of hydrogen-bond acceptors (Lipinski definition) is 3. The number of hydrogen-bond donors (Lipinski definition) is 3. The van der Waals surface area contributed by atoms with E-state index < -0.39 is 5.97 Å². The molecule has 0 spiro atoms. The Morgan fingerprint density at radius 2 is 2.17 bits per heavy atom. The van der Waals surface area contributed by atoms with Crippen molar-refractivity contribution in [3.8, 4) is 5.75 Å². The maximum Gasteiger partial charge on any atom is 0.317 e. The summed E-state index contributed by atoms with van der Waals surface area (Å²) in [5.41, 5.74) is 1.04. The van der Waals surface area contributed by atoms with Crippen LogP contribution in [0.1, 0.15) is 25.3 Å². The monoisotopic (exact) mass is 320 g/mol. The lowest BCUT2D eigenvalue weighted by Gasteiger charge is -2.34. The van der Waals surface area contributed by atoms with E-state index >= 15 is 0 Å². The summed E-state index contributed by atoms with van der Waals surface area (Å²) in [4.78, 5) is 24.9. The van der Waals surface area contributed by atoms with E-state index in [1.54, 1.807) is 23.1 Å². The Hall–Kier alpha value is -2.24. The molecule has 2 unspecified atom stereocenters. The number of phenols is 1. The molecule has 2 rings (SSSR count). The third kappa shape index (κ3) is 4.87. The highest BCUT2D eigenvalue weighted by molar-refractivity contribution is 5.75. The zero-order valence-corrected chi connectivity index (χ0v) is 13.4. The molecule has 3 N–H and O–H groups in total. The number of benzene rings is 1.